The van der Waals surface area contributed by atoms with E-state index in [1.807, 2.05) is 0 Å². The molecule has 0 saturated heterocycles. The average molecular weight is 256 g/mol. The highest BCUT2D eigenvalue weighted by atomic mass is 19.1. The maximum absolute atomic E-state index is 13.1. The highest BCUT2D eigenvalue weighted by molar-refractivity contribution is 5.69. The van der Waals surface area contributed by atoms with Crippen LogP contribution in [0.25, 0.3) is 0 Å². The van der Waals surface area contributed by atoms with Crippen LogP contribution in [0.3, 0.4) is 0 Å². The Balaban J connectivity index is 2.42. The predicted octanol–water partition coefficient (Wildman–Crippen LogP) is 2.55. The van der Waals surface area contributed by atoms with Gasteiger partial charge in [0.2, 0.25) is 0 Å². The molecule has 0 atom stereocenters. The maximum Gasteiger partial charge on any atom is 0.309 e. The minimum Gasteiger partial charge on any atom is -0.494 e. The Kier molecular flexibility index (Phi) is 5.42. The van der Waals surface area contributed by atoms with Crippen molar-refractivity contribution in [3.8, 4) is 11.5 Å². The van der Waals surface area contributed by atoms with E-state index in [-0.39, 0.29) is 30.9 Å². The number of benzene rings is 1. The molecule has 1 aromatic carbocycles. The molecule has 0 aliphatic carbocycles. The van der Waals surface area contributed by atoms with Crippen LogP contribution in [0.5, 0.6) is 11.5 Å². The van der Waals surface area contributed by atoms with Crippen LogP contribution in [0.1, 0.15) is 20.3 Å². The molecule has 18 heavy (non-hydrogen) atoms. The van der Waals surface area contributed by atoms with Gasteiger partial charge in [0.15, 0.2) is 11.6 Å². The van der Waals surface area contributed by atoms with Crippen LogP contribution in [0.2, 0.25) is 0 Å². The van der Waals surface area contributed by atoms with Gasteiger partial charge in [0.25, 0.3) is 0 Å². The smallest absolute Gasteiger partial charge is 0.309 e. The summed E-state index contributed by atoms with van der Waals surface area (Å²) in [7, 11) is 1.38. The molecule has 0 fully saturated rings. The zero-order chi connectivity index (χ0) is 13.5. The number of carbonyl (C=O) groups is 1. The number of rotatable bonds is 6. The summed E-state index contributed by atoms with van der Waals surface area (Å²) in [5.41, 5.74) is 0. The van der Waals surface area contributed by atoms with Crippen molar-refractivity contribution in [1.29, 1.82) is 0 Å². The molecule has 0 aliphatic heterocycles. The molecule has 1 rings (SSSR count). The third-order valence-corrected chi connectivity index (χ3v) is 2.06. The van der Waals surface area contributed by atoms with Gasteiger partial charge in [-0.1, -0.05) is 0 Å². The van der Waals surface area contributed by atoms with Crippen LogP contribution in [0, 0.1) is 5.82 Å². The minimum absolute atomic E-state index is 0.109. The number of hydrogen-bond donors (Lipinski definition) is 0. The number of esters is 1. The molecule has 0 unspecified atom stereocenters. The number of hydrogen-bond acceptors (Lipinski definition) is 4. The first-order chi connectivity index (χ1) is 8.52. The lowest BCUT2D eigenvalue weighted by Gasteiger charge is -2.10. The van der Waals surface area contributed by atoms with E-state index >= 15 is 0 Å². The molecule has 5 heteroatoms. The van der Waals surface area contributed by atoms with E-state index in [1.165, 1.54) is 25.3 Å². The van der Waals surface area contributed by atoms with Gasteiger partial charge >= 0.3 is 5.97 Å². The molecule has 0 saturated carbocycles. The van der Waals surface area contributed by atoms with Gasteiger partial charge in [-0.2, -0.15) is 0 Å². The Bertz CT molecular complexity index is 404. The third kappa shape index (κ3) is 4.61. The van der Waals surface area contributed by atoms with E-state index in [0.29, 0.717) is 5.75 Å². The van der Waals surface area contributed by atoms with Crippen LogP contribution in [0.4, 0.5) is 4.39 Å². The molecule has 4 nitrogen and oxygen atoms in total. The van der Waals surface area contributed by atoms with Crippen molar-refractivity contribution in [3.05, 3.63) is 24.0 Å². The molecular weight excluding hydrogens is 239 g/mol. The molecule has 0 aromatic heterocycles. The monoisotopic (exact) mass is 256 g/mol. The maximum atomic E-state index is 13.1. The van der Waals surface area contributed by atoms with E-state index in [9.17, 15) is 9.18 Å². The number of ether oxygens (including phenoxy) is 3. The summed E-state index contributed by atoms with van der Waals surface area (Å²) >= 11 is 0. The lowest BCUT2D eigenvalue weighted by atomic mass is 10.3. The topological polar surface area (TPSA) is 44.8 Å². The van der Waals surface area contributed by atoms with Crippen LogP contribution < -0.4 is 9.47 Å². The normalized spacial score (nSPS) is 10.3. The highest BCUT2D eigenvalue weighted by Crippen LogP contribution is 2.23. The fourth-order valence-corrected chi connectivity index (χ4v) is 1.30. The van der Waals surface area contributed by atoms with Gasteiger partial charge in [0.1, 0.15) is 5.75 Å². The average Bonchev–Trinajstić information content (AvgIpc) is 2.30. The third-order valence-electron chi connectivity index (χ3n) is 2.06. The number of carbonyl (C=O) groups excluding carboxylic acids is 1. The van der Waals surface area contributed by atoms with Crippen LogP contribution >= 0.6 is 0 Å². The van der Waals surface area contributed by atoms with Gasteiger partial charge in [-0.25, -0.2) is 4.39 Å². The summed E-state index contributed by atoms with van der Waals surface area (Å²) in [6.07, 6.45) is 0.0149. The standard InChI is InChI=1S/C13H17FO4/c1-9(2)18-13(15)6-7-17-10-4-5-11(14)12(8-10)16-3/h4-5,8-9H,6-7H2,1-3H3. The molecule has 1 aromatic rings. The van der Waals surface area contributed by atoms with Crippen molar-refractivity contribution in [2.24, 2.45) is 0 Å². The molecule has 0 amide bonds. The quantitative estimate of drug-likeness (QED) is 0.734. The SMILES string of the molecule is COc1cc(OCCC(=O)OC(C)C)ccc1F. The van der Waals surface area contributed by atoms with Crippen molar-refractivity contribution < 1.29 is 23.4 Å². The first-order valence-electron chi connectivity index (χ1n) is 5.68. The lowest BCUT2D eigenvalue weighted by molar-refractivity contribution is -0.147. The first-order valence-corrected chi connectivity index (χ1v) is 5.68. The second kappa shape index (κ2) is 6.83. The summed E-state index contributed by atoms with van der Waals surface area (Å²) in [5, 5.41) is 0. The zero-order valence-corrected chi connectivity index (χ0v) is 10.7. The van der Waals surface area contributed by atoms with Gasteiger partial charge in [0.05, 0.1) is 26.2 Å². The number of halogens is 1. The fraction of sp³-hybridized carbons (Fsp3) is 0.462. The molecule has 0 spiro atoms. The van der Waals surface area contributed by atoms with Crippen molar-refractivity contribution in [2.75, 3.05) is 13.7 Å². The predicted molar refractivity (Wildman–Crippen MR) is 64.3 cm³/mol. The Labute approximate surface area is 106 Å². The van der Waals surface area contributed by atoms with Gasteiger partial charge in [0, 0.05) is 6.07 Å². The second-order valence-corrected chi connectivity index (χ2v) is 3.93. The zero-order valence-electron chi connectivity index (χ0n) is 10.7. The molecule has 100 valence electrons. The van der Waals surface area contributed by atoms with Crippen LogP contribution in [0.15, 0.2) is 18.2 Å². The Hall–Kier alpha value is -1.78. The summed E-state index contributed by atoms with van der Waals surface area (Å²) in [5.74, 6) is -0.217. The molecule has 0 aliphatic rings. The molecular formula is C13H17FO4. The summed E-state index contributed by atoms with van der Waals surface area (Å²) < 4.78 is 28.2. The largest absolute Gasteiger partial charge is 0.494 e. The molecule has 0 heterocycles. The van der Waals surface area contributed by atoms with Crippen molar-refractivity contribution in [2.45, 2.75) is 26.4 Å². The van der Waals surface area contributed by atoms with E-state index in [1.54, 1.807) is 13.8 Å². The van der Waals surface area contributed by atoms with Crippen molar-refractivity contribution >= 4 is 5.97 Å². The van der Waals surface area contributed by atoms with Gasteiger partial charge in [-0.05, 0) is 26.0 Å². The first kappa shape index (κ1) is 14.3. The summed E-state index contributed by atoms with van der Waals surface area (Å²) in [6.45, 7) is 3.74. The molecule has 0 radical (unpaired) electrons. The van der Waals surface area contributed by atoms with E-state index < -0.39 is 5.82 Å². The summed E-state index contributed by atoms with van der Waals surface area (Å²) in [6, 6.07) is 4.16. The second-order valence-electron chi connectivity index (χ2n) is 3.93. The fourth-order valence-electron chi connectivity index (χ4n) is 1.30. The minimum atomic E-state index is -0.455. The molecule has 0 N–H and O–H groups in total. The van der Waals surface area contributed by atoms with Crippen LogP contribution in [-0.2, 0) is 9.53 Å². The van der Waals surface area contributed by atoms with Crippen LogP contribution in [-0.4, -0.2) is 25.8 Å². The highest BCUT2D eigenvalue weighted by Gasteiger charge is 2.07. The Morgan fingerprint density at radius 1 is 1.39 bits per heavy atom. The Morgan fingerprint density at radius 2 is 2.11 bits per heavy atom. The van der Waals surface area contributed by atoms with E-state index in [4.69, 9.17) is 14.2 Å². The lowest BCUT2D eigenvalue weighted by Crippen LogP contribution is -2.14. The van der Waals surface area contributed by atoms with E-state index in [0.717, 1.165) is 0 Å². The van der Waals surface area contributed by atoms with Gasteiger partial charge in [-0.15, -0.1) is 0 Å². The number of methoxy groups -OCH3 is 1. The van der Waals surface area contributed by atoms with Gasteiger partial charge in [-0.3, -0.25) is 4.79 Å². The summed E-state index contributed by atoms with van der Waals surface area (Å²) in [4.78, 5) is 11.2. The van der Waals surface area contributed by atoms with Crippen molar-refractivity contribution in [1.82, 2.24) is 0 Å². The molecule has 0 bridgehead atoms. The van der Waals surface area contributed by atoms with Gasteiger partial charge < -0.3 is 14.2 Å². The Morgan fingerprint density at radius 3 is 2.72 bits per heavy atom. The van der Waals surface area contributed by atoms with Crippen molar-refractivity contribution in [3.63, 3.8) is 0 Å². The van der Waals surface area contributed by atoms with E-state index in [2.05, 4.69) is 0 Å².